The molecule has 2 aromatic carbocycles. The van der Waals surface area contributed by atoms with E-state index in [1.807, 2.05) is 48.5 Å². The average Bonchev–Trinajstić information content (AvgIpc) is 2.62. The first kappa shape index (κ1) is 14.8. The molecule has 1 amide bonds. The predicted octanol–water partition coefficient (Wildman–Crippen LogP) is 2.26. The summed E-state index contributed by atoms with van der Waals surface area (Å²) >= 11 is 0. The lowest BCUT2D eigenvalue weighted by Crippen LogP contribution is -2.47. The van der Waals surface area contributed by atoms with Gasteiger partial charge >= 0.3 is 0 Å². The van der Waals surface area contributed by atoms with Crippen molar-refractivity contribution in [2.45, 2.75) is 12.2 Å². The second kappa shape index (κ2) is 6.73. The molecule has 0 radical (unpaired) electrons. The average molecular weight is 297 g/mol. The second-order valence-corrected chi connectivity index (χ2v) is 5.38. The molecule has 0 aliphatic carbocycles. The summed E-state index contributed by atoms with van der Waals surface area (Å²) in [6.07, 6.45) is -1.13. The van der Waals surface area contributed by atoms with E-state index in [0.717, 1.165) is 5.56 Å². The van der Waals surface area contributed by atoms with Gasteiger partial charge in [-0.15, -0.1) is 0 Å². The van der Waals surface area contributed by atoms with E-state index in [1.165, 1.54) is 0 Å². The van der Waals surface area contributed by atoms with E-state index in [9.17, 15) is 9.90 Å². The number of carbonyl (C=O) groups is 1. The molecule has 22 heavy (non-hydrogen) atoms. The van der Waals surface area contributed by atoms with Crippen LogP contribution in [-0.4, -0.2) is 41.7 Å². The van der Waals surface area contributed by atoms with Crippen molar-refractivity contribution in [3.8, 4) is 0 Å². The van der Waals surface area contributed by atoms with Crippen LogP contribution in [0, 0.1) is 0 Å². The molecular weight excluding hydrogens is 278 g/mol. The van der Waals surface area contributed by atoms with Crippen LogP contribution in [0.2, 0.25) is 0 Å². The molecule has 1 N–H and O–H groups in total. The molecule has 3 rings (SSSR count). The summed E-state index contributed by atoms with van der Waals surface area (Å²) in [6.45, 7) is 1.38. The maximum atomic E-state index is 12.5. The van der Waals surface area contributed by atoms with Crippen LogP contribution < -0.4 is 0 Å². The molecule has 0 aromatic heterocycles. The van der Waals surface area contributed by atoms with Gasteiger partial charge in [0.05, 0.1) is 13.2 Å². The molecule has 1 aliphatic rings. The Morgan fingerprint density at radius 1 is 1.09 bits per heavy atom. The number of benzene rings is 2. The second-order valence-electron chi connectivity index (χ2n) is 5.38. The lowest BCUT2D eigenvalue weighted by Gasteiger charge is -2.35. The van der Waals surface area contributed by atoms with E-state index in [-0.39, 0.29) is 5.91 Å². The van der Waals surface area contributed by atoms with Crippen LogP contribution in [0.3, 0.4) is 0 Å². The fraction of sp³-hybridized carbons (Fsp3) is 0.278. The summed E-state index contributed by atoms with van der Waals surface area (Å²) in [4.78, 5) is 14.2. The maximum Gasteiger partial charge on any atom is 0.254 e. The molecule has 4 nitrogen and oxygen atoms in total. The molecule has 1 heterocycles. The SMILES string of the molecule is O=C(c1ccccc1)N1CCO[C@@H]([C@@H](O)c2ccccc2)C1. The highest BCUT2D eigenvalue weighted by molar-refractivity contribution is 5.94. The minimum Gasteiger partial charge on any atom is -0.386 e. The zero-order valence-electron chi connectivity index (χ0n) is 12.3. The Morgan fingerprint density at radius 2 is 1.73 bits per heavy atom. The van der Waals surface area contributed by atoms with Gasteiger partial charge in [0.15, 0.2) is 0 Å². The van der Waals surface area contributed by atoms with Crippen LogP contribution in [0.25, 0.3) is 0 Å². The highest BCUT2D eigenvalue weighted by Crippen LogP contribution is 2.23. The number of hydrogen-bond donors (Lipinski definition) is 1. The molecule has 0 saturated carbocycles. The van der Waals surface area contributed by atoms with Crippen LogP contribution in [0.15, 0.2) is 60.7 Å². The third-order valence-corrected chi connectivity index (χ3v) is 3.89. The fourth-order valence-corrected chi connectivity index (χ4v) is 2.68. The van der Waals surface area contributed by atoms with Crippen molar-refractivity contribution >= 4 is 5.91 Å². The topological polar surface area (TPSA) is 49.8 Å². The van der Waals surface area contributed by atoms with E-state index < -0.39 is 12.2 Å². The summed E-state index contributed by atoms with van der Waals surface area (Å²) in [5, 5.41) is 10.5. The van der Waals surface area contributed by atoms with Crippen LogP contribution in [-0.2, 0) is 4.74 Å². The smallest absolute Gasteiger partial charge is 0.254 e. The summed E-state index contributed by atoms with van der Waals surface area (Å²) in [6, 6.07) is 18.6. The Kier molecular flexibility index (Phi) is 4.51. The van der Waals surface area contributed by atoms with E-state index in [1.54, 1.807) is 17.0 Å². The van der Waals surface area contributed by atoms with Gasteiger partial charge in [-0.1, -0.05) is 48.5 Å². The minimum atomic E-state index is -0.729. The molecular formula is C18H19NO3. The van der Waals surface area contributed by atoms with Crippen LogP contribution in [0.1, 0.15) is 22.0 Å². The normalized spacial score (nSPS) is 19.7. The molecule has 114 valence electrons. The van der Waals surface area contributed by atoms with Gasteiger partial charge in [0.1, 0.15) is 12.2 Å². The van der Waals surface area contributed by atoms with Crippen molar-refractivity contribution in [3.05, 3.63) is 71.8 Å². The zero-order chi connectivity index (χ0) is 15.4. The zero-order valence-corrected chi connectivity index (χ0v) is 12.3. The predicted molar refractivity (Wildman–Crippen MR) is 83.5 cm³/mol. The Morgan fingerprint density at radius 3 is 2.41 bits per heavy atom. The van der Waals surface area contributed by atoms with Gasteiger partial charge in [0.2, 0.25) is 0 Å². The largest absolute Gasteiger partial charge is 0.386 e. The monoisotopic (exact) mass is 297 g/mol. The van der Waals surface area contributed by atoms with Crippen molar-refractivity contribution in [3.63, 3.8) is 0 Å². The fourth-order valence-electron chi connectivity index (χ4n) is 2.68. The number of amides is 1. The molecule has 0 unspecified atom stereocenters. The van der Waals surface area contributed by atoms with Gasteiger partial charge in [-0.05, 0) is 17.7 Å². The number of hydrogen-bond acceptors (Lipinski definition) is 3. The molecule has 2 atom stereocenters. The molecule has 1 fully saturated rings. The number of aliphatic hydroxyl groups is 1. The van der Waals surface area contributed by atoms with Gasteiger partial charge in [0, 0.05) is 12.1 Å². The Bertz CT molecular complexity index is 615. The number of carbonyl (C=O) groups excluding carboxylic acids is 1. The number of ether oxygens (including phenoxy) is 1. The standard InChI is InChI=1S/C18H19NO3/c20-17(14-7-3-1-4-8-14)16-13-19(11-12-22-16)18(21)15-9-5-2-6-10-15/h1-10,16-17,20H,11-13H2/t16-,17+/m1/s1. The lowest BCUT2D eigenvalue weighted by molar-refractivity contribution is -0.0820. The maximum absolute atomic E-state index is 12.5. The van der Waals surface area contributed by atoms with Gasteiger partial charge in [-0.2, -0.15) is 0 Å². The van der Waals surface area contributed by atoms with Crippen molar-refractivity contribution in [1.82, 2.24) is 4.90 Å². The van der Waals surface area contributed by atoms with Crippen molar-refractivity contribution < 1.29 is 14.6 Å². The quantitative estimate of drug-likeness (QED) is 0.945. The minimum absolute atomic E-state index is 0.0193. The highest BCUT2D eigenvalue weighted by Gasteiger charge is 2.30. The van der Waals surface area contributed by atoms with Crippen molar-refractivity contribution in [2.24, 2.45) is 0 Å². The highest BCUT2D eigenvalue weighted by atomic mass is 16.5. The van der Waals surface area contributed by atoms with E-state index in [2.05, 4.69) is 0 Å². The summed E-state index contributed by atoms with van der Waals surface area (Å²) < 4.78 is 5.67. The molecule has 2 aromatic rings. The number of rotatable bonds is 3. The molecule has 1 aliphatic heterocycles. The van der Waals surface area contributed by atoms with Gasteiger partial charge in [0.25, 0.3) is 5.91 Å². The first-order valence-electron chi connectivity index (χ1n) is 7.44. The number of morpholine rings is 1. The van der Waals surface area contributed by atoms with Crippen LogP contribution in [0.4, 0.5) is 0 Å². The molecule has 0 bridgehead atoms. The summed E-state index contributed by atoms with van der Waals surface area (Å²) in [5.74, 6) is -0.0193. The van der Waals surface area contributed by atoms with E-state index in [0.29, 0.717) is 25.3 Å². The molecule has 4 heteroatoms. The van der Waals surface area contributed by atoms with Gasteiger partial charge in [-0.25, -0.2) is 0 Å². The number of aliphatic hydroxyl groups excluding tert-OH is 1. The Hall–Kier alpha value is -2.17. The van der Waals surface area contributed by atoms with Crippen molar-refractivity contribution in [1.29, 1.82) is 0 Å². The summed E-state index contributed by atoms with van der Waals surface area (Å²) in [7, 11) is 0. The lowest BCUT2D eigenvalue weighted by atomic mass is 10.0. The van der Waals surface area contributed by atoms with E-state index in [4.69, 9.17) is 4.74 Å². The van der Waals surface area contributed by atoms with Gasteiger partial charge < -0.3 is 14.7 Å². The van der Waals surface area contributed by atoms with Crippen LogP contribution >= 0.6 is 0 Å². The summed E-state index contributed by atoms with van der Waals surface area (Å²) in [5.41, 5.74) is 1.47. The number of nitrogens with zero attached hydrogens (tertiary/aromatic N) is 1. The molecule has 0 spiro atoms. The molecule has 1 saturated heterocycles. The van der Waals surface area contributed by atoms with Crippen molar-refractivity contribution in [2.75, 3.05) is 19.7 Å². The first-order valence-corrected chi connectivity index (χ1v) is 7.44. The Labute approximate surface area is 130 Å². The van der Waals surface area contributed by atoms with Crippen LogP contribution in [0.5, 0.6) is 0 Å². The third kappa shape index (κ3) is 3.18. The van der Waals surface area contributed by atoms with E-state index >= 15 is 0 Å². The Balaban J connectivity index is 1.70. The first-order chi connectivity index (χ1) is 10.8. The van der Waals surface area contributed by atoms with Gasteiger partial charge in [-0.3, -0.25) is 4.79 Å². The third-order valence-electron chi connectivity index (χ3n) is 3.89.